The van der Waals surface area contributed by atoms with Gasteiger partial charge in [-0.2, -0.15) is 13.2 Å². The van der Waals surface area contributed by atoms with Crippen LogP contribution in [0.2, 0.25) is 5.02 Å². The first kappa shape index (κ1) is 25.8. The number of nitrogens with one attached hydrogen (secondary N) is 1. The van der Waals surface area contributed by atoms with Crippen LogP contribution in [0.5, 0.6) is 11.7 Å². The molecule has 1 saturated carbocycles. The van der Waals surface area contributed by atoms with Crippen molar-refractivity contribution in [2.24, 2.45) is 0 Å². The highest BCUT2D eigenvalue weighted by molar-refractivity contribution is 6.31. The molecule has 0 radical (unpaired) electrons. The predicted octanol–water partition coefficient (Wildman–Crippen LogP) is 6.86. The molecule has 198 valence electrons. The molecule has 1 aliphatic rings. The van der Waals surface area contributed by atoms with Crippen LogP contribution in [0.1, 0.15) is 41.9 Å². The minimum Gasteiger partial charge on any atom is -0.424 e. The van der Waals surface area contributed by atoms with E-state index in [1.807, 2.05) is 4.90 Å². The van der Waals surface area contributed by atoms with E-state index in [1.165, 1.54) is 18.3 Å². The van der Waals surface area contributed by atoms with Gasteiger partial charge in [-0.1, -0.05) is 11.6 Å². The maximum atomic E-state index is 13.5. The first-order valence-electron chi connectivity index (χ1n) is 12.1. The molecule has 0 spiro atoms. The smallest absolute Gasteiger partial charge is 0.424 e. The molecule has 7 nitrogen and oxygen atoms in total. The number of ether oxygens (including phenoxy) is 1. The van der Waals surface area contributed by atoms with Crippen LogP contribution in [0.3, 0.4) is 0 Å². The molecule has 1 N–H and O–H groups in total. The summed E-state index contributed by atoms with van der Waals surface area (Å²) < 4.78 is 51.7. The van der Waals surface area contributed by atoms with Crippen molar-refractivity contribution < 1.29 is 27.1 Å². The third-order valence-corrected chi connectivity index (χ3v) is 6.89. The summed E-state index contributed by atoms with van der Waals surface area (Å²) >= 11 is 6.14. The fraction of sp³-hybridized carbons (Fsp3) is 0.296. The standard InChI is InChI=1S/C27H24ClF3N4O3/c1-35(22-14-24(27(29,30)31)34-21-9-4-16(28)13-20(21)22)18-7-5-17(6-8-18)33-26(36)23-10-11-25(38-23)37-19-3-2-12-32-15-19/h2-4,9-15,17-18H,5-8H2,1H3,(H,33,36). The molecule has 5 rings (SSSR count). The monoisotopic (exact) mass is 544 g/mol. The Balaban J connectivity index is 1.23. The summed E-state index contributed by atoms with van der Waals surface area (Å²) in [6.45, 7) is 0. The molecule has 0 aliphatic heterocycles. The highest BCUT2D eigenvalue weighted by atomic mass is 35.5. The fourth-order valence-corrected chi connectivity index (χ4v) is 4.87. The number of carbonyl (C=O) groups excluding carboxylic acids is 1. The normalized spacial score (nSPS) is 17.8. The summed E-state index contributed by atoms with van der Waals surface area (Å²) in [6, 6.07) is 12.2. The molecular weight excluding hydrogens is 521 g/mol. The highest BCUT2D eigenvalue weighted by Crippen LogP contribution is 2.37. The van der Waals surface area contributed by atoms with Gasteiger partial charge in [0.15, 0.2) is 5.76 Å². The van der Waals surface area contributed by atoms with Crippen molar-refractivity contribution in [1.29, 1.82) is 0 Å². The topological polar surface area (TPSA) is 80.5 Å². The van der Waals surface area contributed by atoms with E-state index in [0.717, 1.165) is 6.07 Å². The van der Waals surface area contributed by atoms with Gasteiger partial charge in [-0.3, -0.25) is 9.78 Å². The van der Waals surface area contributed by atoms with Gasteiger partial charge in [0.2, 0.25) is 0 Å². The number of pyridine rings is 2. The lowest BCUT2D eigenvalue weighted by molar-refractivity contribution is -0.140. The van der Waals surface area contributed by atoms with Gasteiger partial charge in [0.25, 0.3) is 11.9 Å². The number of hydrogen-bond donors (Lipinski definition) is 1. The molecule has 3 heterocycles. The van der Waals surface area contributed by atoms with Crippen molar-refractivity contribution in [3.05, 3.63) is 77.4 Å². The van der Waals surface area contributed by atoms with Crippen molar-refractivity contribution in [3.63, 3.8) is 0 Å². The second-order valence-corrected chi connectivity index (χ2v) is 9.62. The van der Waals surface area contributed by atoms with Crippen molar-refractivity contribution in [1.82, 2.24) is 15.3 Å². The summed E-state index contributed by atoms with van der Waals surface area (Å²) in [4.78, 5) is 22.3. The molecule has 0 unspecified atom stereocenters. The average Bonchev–Trinajstić information content (AvgIpc) is 3.37. The Bertz CT molecular complexity index is 1440. The molecule has 1 fully saturated rings. The first-order valence-corrected chi connectivity index (χ1v) is 12.4. The van der Waals surface area contributed by atoms with E-state index in [-0.39, 0.29) is 35.2 Å². The zero-order chi connectivity index (χ0) is 26.9. The predicted molar refractivity (Wildman–Crippen MR) is 137 cm³/mol. The summed E-state index contributed by atoms with van der Waals surface area (Å²) in [5, 5.41) is 3.97. The molecule has 4 aromatic rings. The van der Waals surface area contributed by atoms with E-state index in [4.69, 9.17) is 20.8 Å². The van der Waals surface area contributed by atoms with Gasteiger partial charge >= 0.3 is 6.18 Å². The van der Waals surface area contributed by atoms with Gasteiger partial charge in [-0.15, -0.1) is 0 Å². The number of furan rings is 1. The number of hydrogen-bond acceptors (Lipinski definition) is 6. The number of carbonyl (C=O) groups is 1. The Kier molecular flexibility index (Phi) is 7.16. The number of alkyl halides is 3. The van der Waals surface area contributed by atoms with E-state index in [0.29, 0.717) is 47.5 Å². The summed E-state index contributed by atoms with van der Waals surface area (Å²) in [7, 11) is 1.78. The number of fused-ring (bicyclic) bond motifs is 1. The SMILES string of the molecule is CN(c1cc(C(F)(F)F)nc2ccc(Cl)cc12)C1CCC(NC(=O)c2ccc(Oc3cccnc3)o2)CC1. The Morgan fingerprint density at radius 2 is 1.92 bits per heavy atom. The summed E-state index contributed by atoms with van der Waals surface area (Å²) in [5.41, 5.74) is -0.285. The molecule has 38 heavy (non-hydrogen) atoms. The minimum atomic E-state index is -4.57. The van der Waals surface area contributed by atoms with Crippen LogP contribution >= 0.6 is 11.6 Å². The van der Waals surface area contributed by atoms with Crippen LogP contribution in [0.4, 0.5) is 18.9 Å². The third-order valence-electron chi connectivity index (χ3n) is 6.66. The zero-order valence-electron chi connectivity index (χ0n) is 20.3. The number of anilines is 1. The molecule has 3 aromatic heterocycles. The van der Waals surface area contributed by atoms with Crippen molar-refractivity contribution in [2.75, 3.05) is 11.9 Å². The van der Waals surface area contributed by atoms with Crippen LogP contribution in [0.25, 0.3) is 10.9 Å². The lowest BCUT2D eigenvalue weighted by Crippen LogP contribution is -2.43. The molecule has 11 heteroatoms. The largest absolute Gasteiger partial charge is 0.433 e. The molecule has 1 aromatic carbocycles. The van der Waals surface area contributed by atoms with Crippen molar-refractivity contribution in [3.8, 4) is 11.7 Å². The number of amides is 1. The van der Waals surface area contributed by atoms with Gasteiger partial charge in [0.1, 0.15) is 11.4 Å². The fourth-order valence-electron chi connectivity index (χ4n) is 4.70. The Labute approximate surface area is 221 Å². The van der Waals surface area contributed by atoms with Crippen LogP contribution in [-0.4, -0.2) is 35.0 Å². The van der Waals surface area contributed by atoms with Gasteiger partial charge in [-0.25, -0.2) is 4.98 Å². The van der Waals surface area contributed by atoms with Gasteiger partial charge < -0.3 is 19.4 Å². The maximum absolute atomic E-state index is 13.5. The first-order chi connectivity index (χ1) is 18.2. The minimum absolute atomic E-state index is 0.0167. The van der Waals surface area contributed by atoms with E-state index < -0.39 is 11.9 Å². The zero-order valence-corrected chi connectivity index (χ0v) is 21.1. The van der Waals surface area contributed by atoms with E-state index in [2.05, 4.69) is 15.3 Å². The Morgan fingerprint density at radius 1 is 1.13 bits per heavy atom. The van der Waals surface area contributed by atoms with E-state index in [1.54, 1.807) is 43.6 Å². The van der Waals surface area contributed by atoms with Crippen LogP contribution < -0.4 is 15.0 Å². The highest BCUT2D eigenvalue weighted by Gasteiger charge is 2.35. The summed E-state index contributed by atoms with van der Waals surface area (Å²) in [5.74, 6) is 0.439. The second kappa shape index (κ2) is 10.5. The molecule has 0 saturated heterocycles. The quantitative estimate of drug-likeness (QED) is 0.285. The molecule has 0 bridgehead atoms. The maximum Gasteiger partial charge on any atom is 0.433 e. The average molecular weight is 545 g/mol. The molecular formula is C27H24ClF3N4O3. The molecule has 0 atom stereocenters. The lowest BCUT2D eigenvalue weighted by atomic mass is 9.89. The number of nitrogens with zero attached hydrogens (tertiary/aromatic N) is 3. The van der Waals surface area contributed by atoms with Gasteiger partial charge in [0, 0.05) is 47.5 Å². The van der Waals surface area contributed by atoms with Crippen LogP contribution in [-0.2, 0) is 6.18 Å². The number of benzene rings is 1. The van der Waals surface area contributed by atoms with Gasteiger partial charge in [0.05, 0.1) is 11.7 Å². The Hall–Kier alpha value is -3.79. The number of aromatic nitrogens is 2. The van der Waals surface area contributed by atoms with Crippen LogP contribution in [0, 0.1) is 0 Å². The Morgan fingerprint density at radius 3 is 2.63 bits per heavy atom. The third kappa shape index (κ3) is 5.70. The van der Waals surface area contributed by atoms with Crippen molar-refractivity contribution in [2.45, 2.75) is 43.9 Å². The molecule has 1 aliphatic carbocycles. The molecule has 1 amide bonds. The lowest BCUT2D eigenvalue weighted by Gasteiger charge is -2.36. The van der Waals surface area contributed by atoms with Crippen LogP contribution in [0.15, 0.2) is 65.3 Å². The number of rotatable bonds is 6. The second-order valence-electron chi connectivity index (χ2n) is 9.19. The van der Waals surface area contributed by atoms with Gasteiger partial charge in [-0.05, 0) is 68.1 Å². The van der Waals surface area contributed by atoms with Crippen molar-refractivity contribution >= 4 is 34.1 Å². The van der Waals surface area contributed by atoms with E-state index >= 15 is 0 Å². The summed E-state index contributed by atoms with van der Waals surface area (Å²) in [6.07, 6.45) is 1.27. The van der Waals surface area contributed by atoms with E-state index in [9.17, 15) is 18.0 Å². The number of halogens is 4.